The fourth-order valence-electron chi connectivity index (χ4n) is 6.70. The number of hydrogen-bond acceptors (Lipinski definition) is 5. The standard InChI is InChI=1S/C34H54N2O2.C6H18NSi2.C4H8O.Y/c1-31(2,3)25-17-23(29(37)27(19-25)33(7,8)9)21-35-13-15-36(16-14-35)22-24-18-26(32(4,5)6)20-28(30(24)38)34(10,11)12;1-8(2,3)7-9(4,5)6;1-2-4-5-3-1;/h17-20,37-38H,13-16,21-22H2,1-12H3;1-6H3;1-4H2;/q;-1;;+3/p-2. The first kappa shape index (κ1) is 50.4. The molecule has 0 aliphatic carbocycles. The largest absolute Gasteiger partial charge is 3.00 e. The van der Waals surface area contributed by atoms with Gasteiger partial charge < -0.3 is 19.6 Å². The second kappa shape index (κ2) is 19.7. The first-order chi connectivity index (χ1) is 23.4. The Kier molecular flexibility index (Phi) is 18.8. The third-order valence-electron chi connectivity index (χ3n) is 9.43. The summed E-state index contributed by atoms with van der Waals surface area (Å²) in [5.41, 5.74) is 5.71. The van der Waals surface area contributed by atoms with Crippen LogP contribution in [0, 0.1) is 0 Å². The van der Waals surface area contributed by atoms with Gasteiger partial charge in [0.05, 0.1) is 0 Å². The molecule has 0 amide bonds. The summed E-state index contributed by atoms with van der Waals surface area (Å²) >= 11 is 0. The topological polar surface area (TPSA) is 75.9 Å². The zero-order chi connectivity index (χ0) is 40.1. The third kappa shape index (κ3) is 17.6. The molecule has 2 aliphatic rings. The molecule has 0 spiro atoms. The van der Waals surface area contributed by atoms with Gasteiger partial charge in [-0.2, -0.15) is 0 Å². The summed E-state index contributed by atoms with van der Waals surface area (Å²) in [5.74, 6) is 0.385. The van der Waals surface area contributed by atoms with E-state index in [9.17, 15) is 10.2 Å². The molecule has 0 aromatic heterocycles. The van der Waals surface area contributed by atoms with Crippen molar-refractivity contribution in [3.05, 3.63) is 62.3 Å². The van der Waals surface area contributed by atoms with Crippen LogP contribution in [0.5, 0.6) is 11.5 Å². The van der Waals surface area contributed by atoms with E-state index in [4.69, 9.17) is 9.38 Å². The molecule has 0 atom stereocenters. The van der Waals surface area contributed by atoms with Crippen LogP contribution in [0.2, 0.25) is 39.3 Å². The summed E-state index contributed by atoms with van der Waals surface area (Å²) in [7, 11) is -2.21. The molecule has 9 heteroatoms. The van der Waals surface area contributed by atoms with Crippen molar-refractivity contribution in [1.29, 1.82) is 0 Å². The number of benzene rings is 2. The maximum absolute atomic E-state index is 13.5. The maximum atomic E-state index is 13.5. The predicted octanol–water partition coefficient (Wildman–Crippen LogP) is 10.2. The van der Waals surface area contributed by atoms with Crippen LogP contribution in [-0.2, 0) is 72.2 Å². The van der Waals surface area contributed by atoms with Crippen LogP contribution < -0.4 is 10.2 Å². The fourth-order valence-corrected chi connectivity index (χ4v) is 14.7. The van der Waals surface area contributed by atoms with Crippen molar-refractivity contribution in [3.63, 3.8) is 0 Å². The molecule has 0 radical (unpaired) electrons. The second-order valence-corrected chi connectivity index (χ2v) is 30.9. The molecule has 2 saturated heterocycles. The normalized spacial score (nSPS) is 16.6. The van der Waals surface area contributed by atoms with E-state index in [1.54, 1.807) is 0 Å². The zero-order valence-electron chi connectivity index (χ0n) is 37.5. The number of hydrogen-bond donors (Lipinski definition) is 0. The van der Waals surface area contributed by atoms with Gasteiger partial charge in [-0.05, 0) is 67.9 Å². The molecule has 2 heterocycles. The minimum Gasteiger partial charge on any atom is -0.872 e. The number of nitrogens with zero attached hydrogens (tertiary/aromatic N) is 3. The molecule has 2 aromatic carbocycles. The van der Waals surface area contributed by atoms with Crippen LogP contribution in [0.15, 0.2) is 24.3 Å². The molecule has 4 rings (SSSR count). The van der Waals surface area contributed by atoms with Gasteiger partial charge in [-0.25, -0.2) is 0 Å². The second-order valence-electron chi connectivity index (χ2n) is 21.3. The van der Waals surface area contributed by atoms with Crippen molar-refractivity contribution in [3.8, 4) is 11.5 Å². The molecule has 2 aliphatic heterocycles. The maximum Gasteiger partial charge on any atom is 3.00 e. The van der Waals surface area contributed by atoms with Gasteiger partial charge in [-0.1, -0.05) is 163 Å². The SMILES string of the molecule is C1CCOC1.CC(C)(C)c1cc(CN2CCN(Cc3cc(C(C)(C)C)cc(C(C)(C)C)c3[O-])CC2)c([O-])c(C(C)(C)C)c1.C[Si](C)(C)[N-][Si](C)(C)C.[Y+3]. The number of piperazine rings is 1. The van der Waals surface area contributed by atoms with E-state index >= 15 is 0 Å². The number of rotatable bonds is 6. The molecular weight excluding hydrogens is 764 g/mol. The van der Waals surface area contributed by atoms with Gasteiger partial charge in [0.2, 0.25) is 0 Å². The third-order valence-corrected chi connectivity index (χ3v) is 14.8. The minimum absolute atomic E-state index is 0. The predicted molar refractivity (Wildman–Crippen MR) is 227 cm³/mol. The van der Waals surface area contributed by atoms with E-state index in [0.29, 0.717) is 13.1 Å². The van der Waals surface area contributed by atoms with Gasteiger partial charge in [0.15, 0.2) is 0 Å². The molecule has 0 unspecified atom stereocenters. The van der Waals surface area contributed by atoms with Gasteiger partial charge in [0.25, 0.3) is 0 Å². The Hall–Kier alpha value is -0.582. The molecule has 53 heavy (non-hydrogen) atoms. The van der Waals surface area contributed by atoms with Crippen molar-refractivity contribution in [2.45, 2.75) is 170 Å². The fraction of sp³-hybridized carbons (Fsp3) is 0.727. The van der Waals surface area contributed by atoms with Gasteiger partial charge in [0.1, 0.15) is 0 Å². The van der Waals surface area contributed by atoms with Crippen LogP contribution in [0.4, 0.5) is 0 Å². The molecule has 0 N–H and O–H groups in total. The Bertz CT molecular complexity index is 1320. The Morgan fingerprint density at radius 3 is 1.04 bits per heavy atom. The molecule has 0 bridgehead atoms. The van der Waals surface area contributed by atoms with E-state index in [-0.39, 0.29) is 65.9 Å². The number of ether oxygens (including phenoxy) is 1. The summed E-state index contributed by atoms with van der Waals surface area (Å²) in [6, 6.07) is 8.53. The van der Waals surface area contributed by atoms with E-state index in [1.165, 1.54) is 24.0 Å². The van der Waals surface area contributed by atoms with Gasteiger partial charge in [0, 0.05) is 52.5 Å². The molecule has 0 saturated carbocycles. The Labute approximate surface area is 354 Å². The minimum atomic E-state index is -1.11. The van der Waals surface area contributed by atoms with Crippen molar-refractivity contribution >= 4 is 16.5 Å². The summed E-state index contributed by atoms with van der Waals surface area (Å²) < 4.78 is 9.76. The first-order valence-corrected chi connectivity index (χ1v) is 26.7. The smallest absolute Gasteiger partial charge is 0.872 e. The average molecular weight is 842 g/mol. The summed E-state index contributed by atoms with van der Waals surface area (Å²) in [6.07, 6.45) is 2.56. The Balaban J connectivity index is 0.000000782. The summed E-state index contributed by atoms with van der Waals surface area (Å²) in [5, 5.41) is 26.9. The van der Waals surface area contributed by atoms with Crippen LogP contribution in [0.1, 0.15) is 129 Å². The summed E-state index contributed by atoms with van der Waals surface area (Å²) in [6.45, 7) is 46.8. The van der Waals surface area contributed by atoms with Crippen molar-refractivity contribution in [2.24, 2.45) is 0 Å². The van der Waals surface area contributed by atoms with Crippen molar-refractivity contribution in [1.82, 2.24) is 9.80 Å². The average Bonchev–Trinajstić information content (AvgIpc) is 3.53. The van der Waals surface area contributed by atoms with Crippen molar-refractivity contribution in [2.75, 3.05) is 39.4 Å². The van der Waals surface area contributed by atoms with Crippen LogP contribution in [0.3, 0.4) is 0 Å². The van der Waals surface area contributed by atoms with E-state index in [0.717, 1.165) is 61.6 Å². The van der Waals surface area contributed by atoms with Gasteiger partial charge in [-0.3, -0.25) is 9.80 Å². The van der Waals surface area contributed by atoms with Gasteiger partial charge >= 0.3 is 32.7 Å². The molecule has 6 nitrogen and oxygen atoms in total. The molecule has 2 aromatic rings. The van der Waals surface area contributed by atoms with Gasteiger partial charge in [-0.15, -0.1) is 11.5 Å². The van der Waals surface area contributed by atoms with E-state index in [2.05, 4.69) is 156 Å². The van der Waals surface area contributed by atoms with E-state index < -0.39 is 16.5 Å². The Morgan fingerprint density at radius 1 is 0.547 bits per heavy atom. The zero-order valence-corrected chi connectivity index (χ0v) is 42.4. The Morgan fingerprint density at radius 2 is 0.849 bits per heavy atom. The van der Waals surface area contributed by atoms with Crippen LogP contribution in [-0.4, -0.2) is 65.7 Å². The van der Waals surface area contributed by atoms with Crippen LogP contribution in [0.25, 0.3) is 4.65 Å². The monoisotopic (exact) mass is 841 g/mol. The first-order valence-electron chi connectivity index (χ1n) is 19.8. The summed E-state index contributed by atoms with van der Waals surface area (Å²) in [4.78, 5) is 4.80. The molecule has 298 valence electrons. The van der Waals surface area contributed by atoms with Crippen molar-refractivity contribution < 1.29 is 47.7 Å². The van der Waals surface area contributed by atoms with E-state index in [1.807, 2.05) is 0 Å². The quantitative estimate of drug-likeness (QED) is 0.271. The van der Waals surface area contributed by atoms with Crippen LogP contribution >= 0.6 is 0 Å². The molecule has 2 fully saturated rings. The molecular formula is C44H78N3O3Si2Y.